The first-order chi connectivity index (χ1) is 16.5. The van der Waals surface area contributed by atoms with Gasteiger partial charge in [0, 0.05) is 6.54 Å². The SMILES string of the molecule is COC(=O)[C@@H]1CCCC[C@@H]1C(=O)N1CCc2ccccc2[C@@H]1CN1C(=O)c2ccccc2C1=O. The Bertz CT molecular complexity index is 1120. The molecule has 176 valence electrons. The van der Waals surface area contributed by atoms with E-state index in [4.69, 9.17) is 4.74 Å². The molecule has 7 nitrogen and oxygen atoms in total. The number of amides is 3. The van der Waals surface area contributed by atoms with Crippen molar-refractivity contribution in [1.29, 1.82) is 0 Å². The molecule has 34 heavy (non-hydrogen) atoms. The summed E-state index contributed by atoms with van der Waals surface area (Å²) in [5.41, 5.74) is 2.85. The number of esters is 1. The summed E-state index contributed by atoms with van der Waals surface area (Å²) in [6.45, 7) is 0.568. The zero-order chi connectivity index (χ0) is 23.8. The zero-order valence-corrected chi connectivity index (χ0v) is 19.2. The zero-order valence-electron chi connectivity index (χ0n) is 19.2. The molecule has 0 radical (unpaired) electrons. The Labute approximate surface area is 198 Å². The fourth-order valence-electron chi connectivity index (χ4n) is 5.76. The van der Waals surface area contributed by atoms with E-state index in [1.54, 1.807) is 29.2 Å². The van der Waals surface area contributed by atoms with Gasteiger partial charge in [-0.05, 0) is 42.5 Å². The first-order valence-corrected chi connectivity index (χ1v) is 11.9. The quantitative estimate of drug-likeness (QED) is 0.516. The third kappa shape index (κ3) is 3.69. The molecule has 0 saturated heterocycles. The van der Waals surface area contributed by atoms with Gasteiger partial charge in [-0.3, -0.25) is 24.1 Å². The second-order valence-electron chi connectivity index (χ2n) is 9.28. The van der Waals surface area contributed by atoms with E-state index < -0.39 is 17.9 Å². The van der Waals surface area contributed by atoms with E-state index >= 15 is 0 Å². The van der Waals surface area contributed by atoms with Crippen molar-refractivity contribution in [2.75, 3.05) is 20.2 Å². The van der Waals surface area contributed by atoms with E-state index in [0.29, 0.717) is 36.9 Å². The van der Waals surface area contributed by atoms with Gasteiger partial charge in [-0.2, -0.15) is 0 Å². The third-order valence-corrected chi connectivity index (χ3v) is 7.52. The highest BCUT2D eigenvalue weighted by Gasteiger charge is 2.44. The third-order valence-electron chi connectivity index (χ3n) is 7.52. The van der Waals surface area contributed by atoms with Gasteiger partial charge in [0.25, 0.3) is 11.8 Å². The lowest BCUT2D eigenvalue weighted by molar-refractivity contribution is -0.156. The molecule has 0 unspecified atom stereocenters. The number of ether oxygens (including phenoxy) is 1. The first kappa shape index (κ1) is 22.3. The van der Waals surface area contributed by atoms with E-state index in [-0.39, 0.29) is 30.2 Å². The molecule has 0 spiro atoms. The number of methoxy groups -OCH3 is 1. The number of fused-ring (bicyclic) bond motifs is 2. The van der Waals surface area contributed by atoms with Crippen molar-refractivity contribution in [3.63, 3.8) is 0 Å². The Morgan fingerprint density at radius 3 is 2.21 bits per heavy atom. The summed E-state index contributed by atoms with van der Waals surface area (Å²) in [4.78, 5) is 55.6. The summed E-state index contributed by atoms with van der Waals surface area (Å²) in [6.07, 6.45) is 3.74. The Hall–Kier alpha value is -3.48. The molecule has 1 saturated carbocycles. The molecule has 2 aliphatic heterocycles. The largest absolute Gasteiger partial charge is 0.469 e. The van der Waals surface area contributed by atoms with Gasteiger partial charge in [0.15, 0.2) is 0 Å². The van der Waals surface area contributed by atoms with Crippen LogP contribution in [-0.4, -0.2) is 53.7 Å². The Morgan fingerprint density at radius 1 is 0.912 bits per heavy atom. The van der Waals surface area contributed by atoms with Crippen molar-refractivity contribution in [2.45, 2.75) is 38.1 Å². The lowest BCUT2D eigenvalue weighted by Gasteiger charge is -2.42. The van der Waals surface area contributed by atoms with Gasteiger partial charge in [-0.25, -0.2) is 0 Å². The minimum absolute atomic E-state index is 0.0880. The highest BCUT2D eigenvalue weighted by molar-refractivity contribution is 6.21. The fourth-order valence-corrected chi connectivity index (χ4v) is 5.76. The molecule has 3 amide bonds. The minimum atomic E-state index is -0.458. The second-order valence-corrected chi connectivity index (χ2v) is 9.28. The normalized spacial score (nSPS) is 24.0. The van der Waals surface area contributed by atoms with Gasteiger partial charge in [-0.15, -0.1) is 0 Å². The van der Waals surface area contributed by atoms with Crippen LogP contribution in [0, 0.1) is 11.8 Å². The van der Waals surface area contributed by atoms with Crippen LogP contribution in [-0.2, 0) is 20.7 Å². The highest BCUT2D eigenvalue weighted by Crippen LogP contribution is 2.38. The molecule has 0 N–H and O–H groups in total. The molecular weight excluding hydrogens is 432 g/mol. The summed E-state index contributed by atoms with van der Waals surface area (Å²) in [5.74, 6) is -2.00. The summed E-state index contributed by atoms with van der Waals surface area (Å²) in [6, 6.07) is 14.2. The van der Waals surface area contributed by atoms with Crippen LogP contribution in [0.4, 0.5) is 0 Å². The topological polar surface area (TPSA) is 84.0 Å². The molecule has 0 aromatic heterocycles. The van der Waals surface area contributed by atoms with Crippen molar-refractivity contribution in [1.82, 2.24) is 9.80 Å². The number of benzene rings is 2. The summed E-state index contributed by atoms with van der Waals surface area (Å²) in [7, 11) is 1.36. The monoisotopic (exact) mass is 460 g/mol. The van der Waals surface area contributed by atoms with Crippen LogP contribution in [0.5, 0.6) is 0 Å². The Kier molecular flexibility index (Phi) is 5.94. The van der Waals surface area contributed by atoms with E-state index in [0.717, 1.165) is 24.0 Å². The smallest absolute Gasteiger partial charge is 0.309 e. The molecule has 3 aliphatic rings. The van der Waals surface area contributed by atoms with Crippen molar-refractivity contribution in [3.8, 4) is 0 Å². The number of carbonyl (C=O) groups is 4. The lowest BCUT2D eigenvalue weighted by Crippen LogP contribution is -2.50. The molecular formula is C27H28N2O5. The van der Waals surface area contributed by atoms with Crippen molar-refractivity contribution < 1.29 is 23.9 Å². The lowest BCUT2D eigenvalue weighted by atomic mass is 9.77. The minimum Gasteiger partial charge on any atom is -0.469 e. The van der Waals surface area contributed by atoms with Crippen LogP contribution in [0.2, 0.25) is 0 Å². The van der Waals surface area contributed by atoms with Crippen LogP contribution in [0.3, 0.4) is 0 Å². The van der Waals surface area contributed by atoms with Gasteiger partial charge in [0.05, 0.1) is 42.7 Å². The number of nitrogens with zero attached hydrogens (tertiary/aromatic N) is 2. The van der Waals surface area contributed by atoms with E-state index in [2.05, 4.69) is 0 Å². The molecule has 2 heterocycles. The van der Waals surface area contributed by atoms with Gasteiger partial charge >= 0.3 is 5.97 Å². The first-order valence-electron chi connectivity index (χ1n) is 11.9. The Balaban J connectivity index is 1.48. The summed E-state index contributed by atoms with van der Waals surface area (Å²) < 4.78 is 5.00. The maximum atomic E-state index is 13.9. The van der Waals surface area contributed by atoms with Gasteiger partial charge in [-0.1, -0.05) is 49.2 Å². The molecule has 1 fully saturated rings. The number of carbonyl (C=O) groups excluding carboxylic acids is 4. The number of hydrogen-bond acceptors (Lipinski definition) is 5. The predicted octanol–water partition coefficient (Wildman–Crippen LogP) is 3.39. The number of hydrogen-bond donors (Lipinski definition) is 0. The van der Waals surface area contributed by atoms with Gasteiger partial charge in [0.2, 0.25) is 5.91 Å². The average Bonchev–Trinajstić information content (AvgIpc) is 3.13. The molecule has 2 aromatic carbocycles. The molecule has 2 aromatic rings. The van der Waals surface area contributed by atoms with E-state index in [1.807, 2.05) is 24.3 Å². The second kappa shape index (κ2) is 9.05. The predicted molar refractivity (Wildman–Crippen MR) is 124 cm³/mol. The molecule has 7 heteroatoms. The van der Waals surface area contributed by atoms with Crippen molar-refractivity contribution in [3.05, 3.63) is 70.8 Å². The van der Waals surface area contributed by atoms with Crippen molar-refractivity contribution >= 4 is 23.7 Å². The van der Waals surface area contributed by atoms with Crippen LogP contribution in [0.1, 0.15) is 63.6 Å². The van der Waals surface area contributed by atoms with Gasteiger partial charge in [0.1, 0.15) is 0 Å². The van der Waals surface area contributed by atoms with Gasteiger partial charge < -0.3 is 9.64 Å². The maximum Gasteiger partial charge on any atom is 0.309 e. The maximum absolute atomic E-state index is 13.9. The fraction of sp³-hybridized carbons (Fsp3) is 0.407. The molecule has 0 bridgehead atoms. The average molecular weight is 461 g/mol. The van der Waals surface area contributed by atoms with Crippen molar-refractivity contribution in [2.24, 2.45) is 11.8 Å². The van der Waals surface area contributed by atoms with Crippen LogP contribution in [0.15, 0.2) is 48.5 Å². The summed E-state index contributed by atoms with van der Waals surface area (Å²) >= 11 is 0. The molecule has 1 aliphatic carbocycles. The Morgan fingerprint density at radius 2 is 1.53 bits per heavy atom. The summed E-state index contributed by atoms with van der Waals surface area (Å²) in [5, 5.41) is 0. The van der Waals surface area contributed by atoms with E-state index in [9.17, 15) is 19.2 Å². The van der Waals surface area contributed by atoms with Crippen LogP contribution in [0.25, 0.3) is 0 Å². The highest BCUT2D eigenvalue weighted by atomic mass is 16.5. The standard InChI is InChI=1S/C27H28N2O5/c1-34-27(33)22-13-7-6-12-21(22)24(30)28-15-14-17-8-2-3-9-18(17)23(28)16-29-25(31)19-10-4-5-11-20(19)26(29)32/h2-5,8-11,21-23H,6-7,12-16H2,1H3/t21-,22+,23-/m0/s1. The van der Waals surface area contributed by atoms with Crippen LogP contribution < -0.4 is 0 Å². The van der Waals surface area contributed by atoms with Crippen LogP contribution >= 0.6 is 0 Å². The molecule has 5 rings (SSSR count). The van der Waals surface area contributed by atoms with E-state index in [1.165, 1.54) is 12.0 Å². The number of imide groups is 1. The number of rotatable bonds is 4. The molecule has 3 atom stereocenters.